The molecule has 0 atom stereocenters. The van der Waals surface area contributed by atoms with Crippen molar-refractivity contribution in [1.29, 1.82) is 0 Å². The molecule has 6 heteroatoms. The van der Waals surface area contributed by atoms with E-state index in [1.54, 1.807) is 19.2 Å². The largest absolute Gasteiger partial charge is 0.496 e. The van der Waals surface area contributed by atoms with Crippen molar-refractivity contribution in [2.75, 3.05) is 7.11 Å². The lowest BCUT2D eigenvalue weighted by Crippen LogP contribution is -1.99. The number of aromatic nitrogens is 2. The highest BCUT2D eigenvalue weighted by atomic mass is 16.5. The van der Waals surface area contributed by atoms with E-state index in [4.69, 9.17) is 14.0 Å². The quantitative estimate of drug-likeness (QED) is 0.750. The van der Waals surface area contributed by atoms with Gasteiger partial charge in [-0.15, -0.1) is 0 Å². The van der Waals surface area contributed by atoms with Gasteiger partial charge >= 0.3 is 0 Å². The van der Waals surface area contributed by atoms with E-state index in [1.807, 2.05) is 37.3 Å². The Hall–Kier alpha value is -2.86. The van der Waals surface area contributed by atoms with Gasteiger partial charge in [-0.25, -0.2) is 0 Å². The molecule has 0 saturated carbocycles. The number of ether oxygens (including phenoxy) is 2. The summed E-state index contributed by atoms with van der Waals surface area (Å²) in [6.45, 7) is 2.01. The van der Waals surface area contributed by atoms with Crippen molar-refractivity contribution >= 4 is 0 Å². The van der Waals surface area contributed by atoms with Gasteiger partial charge in [0.05, 0.1) is 13.7 Å². The Bertz CT molecular complexity index is 829. The summed E-state index contributed by atoms with van der Waals surface area (Å²) in [6, 6.07) is 13.0. The summed E-state index contributed by atoms with van der Waals surface area (Å²) in [4.78, 5) is 4.34. The Kier molecular flexibility index (Phi) is 4.77. The van der Waals surface area contributed by atoms with Crippen LogP contribution in [-0.4, -0.2) is 22.4 Å². The highest BCUT2D eigenvalue weighted by molar-refractivity contribution is 5.58. The van der Waals surface area contributed by atoms with Crippen LogP contribution in [0.2, 0.25) is 0 Å². The van der Waals surface area contributed by atoms with Gasteiger partial charge in [0.1, 0.15) is 11.5 Å². The lowest BCUT2D eigenvalue weighted by atomic mass is 10.1. The number of hydrogen-bond donors (Lipinski definition) is 1. The molecule has 0 saturated heterocycles. The molecule has 1 aromatic heterocycles. The predicted molar refractivity (Wildman–Crippen MR) is 87.7 cm³/mol. The fraction of sp³-hybridized carbons (Fsp3) is 0.222. The molecule has 124 valence electrons. The first-order chi connectivity index (χ1) is 11.7. The predicted octanol–water partition coefficient (Wildman–Crippen LogP) is 3.12. The molecule has 3 aromatic rings. The highest BCUT2D eigenvalue weighted by Crippen LogP contribution is 2.25. The fourth-order valence-corrected chi connectivity index (χ4v) is 2.30. The molecule has 3 rings (SSSR count). The Balaban J connectivity index is 1.74. The summed E-state index contributed by atoms with van der Waals surface area (Å²) in [5, 5.41) is 13.3. The standard InChI is InChI=1S/C18H18N2O4/c1-12-7-8-13(9-16(12)22-2)18-19-17(24-20-18)11-23-15-6-4-3-5-14(15)10-21/h3-9,21H,10-11H2,1-2H3. The van der Waals surface area contributed by atoms with E-state index in [9.17, 15) is 5.11 Å². The summed E-state index contributed by atoms with van der Waals surface area (Å²) in [6.07, 6.45) is 0. The second-order valence-electron chi connectivity index (χ2n) is 5.25. The van der Waals surface area contributed by atoms with Gasteiger partial charge in [-0.3, -0.25) is 0 Å². The zero-order chi connectivity index (χ0) is 16.9. The van der Waals surface area contributed by atoms with E-state index >= 15 is 0 Å². The van der Waals surface area contributed by atoms with Crippen molar-refractivity contribution in [3.8, 4) is 22.9 Å². The Morgan fingerprint density at radius 1 is 1.12 bits per heavy atom. The Labute approximate surface area is 139 Å². The minimum absolute atomic E-state index is 0.0889. The smallest absolute Gasteiger partial charge is 0.264 e. The Morgan fingerprint density at radius 3 is 2.75 bits per heavy atom. The molecule has 0 bridgehead atoms. The molecule has 0 aliphatic heterocycles. The maximum atomic E-state index is 9.30. The minimum Gasteiger partial charge on any atom is -0.496 e. The molecular weight excluding hydrogens is 308 g/mol. The van der Waals surface area contributed by atoms with Crippen LogP contribution in [-0.2, 0) is 13.2 Å². The third-order valence-corrected chi connectivity index (χ3v) is 3.63. The summed E-state index contributed by atoms with van der Waals surface area (Å²) in [5.74, 6) is 2.20. The number of hydrogen-bond acceptors (Lipinski definition) is 6. The van der Waals surface area contributed by atoms with Crippen LogP contribution in [0.3, 0.4) is 0 Å². The van der Waals surface area contributed by atoms with Crippen molar-refractivity contribution in [2.24, 2.45) is 0 Å². The molecule has 0 fully saturated rings. The highest BCUT2D eigenvalue weighted by Gasteiger charge is 2.12. The van der Waals surface area contributed by atoms with Gasteiger partial charge < -0.3 is 19.1 Å². The van der Waals surface area contributed by atoms with Crippen LogP contribution in [0.15, 0.2) is 47.0 Å². The molecule has 1 N–H and O–H groups in total. The van der Waals surface area contributed by atoms with Crippen LogP contribution >= 0.6 is 0 Å². The van der Waals surface area contributed by atoms with Crippen molar-refractivity contribution < 1.29 is 19.1 Å². The van der Waals surface area contributed by atoms with E-state index in [1.165, 1.54) is 0 Å². The van der Waals surface area contributed by atoms with E-state index in [0.717, 1.165) is 16.9 Å². The molecule has 0 unspecified atom stereocenters. The van der Waals surface area contributed by atoms with Crippen LogP contribution < -0.4 is 9.47 Å². The van der Waals surface area contributed by atoms with E-state index in [0.29, 0.717) is 23.0 Å². The minimum atomic E-state index is -0.0889. The number of methoxy groups -OCH3 is 1. The average Bonchev–Trinajstić information content (AvgIpc) is 3.09. The van der Waals surface area contributed by atoms with E-state index < -0.39 is 0 Å². The first kappa shape index (κ1) is 16.0. The Morgan fingerprint density at radius 2 is 1.96 bits per heavy atom. The molecule has 1 heterocycles. The molecule has 0 aliphatic rings. The monoisotopic (exact) mass is 326 g/mol. The third-order valence-electron chi connectivity index (χ3n) is 3.63. The number of nitrogens with zero attached hydrogens (tertiary/aromatic N) is 2. The summed E-state index contributed by atoms with van der Waals surface area (Å²) >= 11 is 0. The lowest BCUT2D eigenvalue weighted by Gasteiger charge is -2.07. The van der Waals surface area contributed by atoms with Gasteiger partial charge in [0.25, 0.3) is 5.89 Å². The van der Waals surface area contributed by atoms with Crippen LogP contribution in [0.25, 0.3) is 11.4 Å². The van der Waals surface area contributed by atoms with Crippen molar-refractivity contribution in [2.45, 2.75) is 20.1 Å². The summed E-state index contributed by atoms with van der Waals surface area (Å²) in [7, 11) is 1.63. The van der Waals surface area contributed by atoms with E-state index in [-0.39, 0.29) is 13.2 Å². The van der Waals surface area contributed by atoms with Gasteiger partial charge in [-0.1, -0.05) is 35.5 Å². The zero-order valence-corrected chi connectivity index (χ0v) is 13.5. The third kappa shape index (κ3) is 3.38. The lowest BCUT2D eigenvalue weighted by molar-refractivity contribution is 0.229. The molecule has 6 nitrogen and oxygen atoms in total. The molecule has 2 aromatic carbocycles. The van der Waals surface area contributed by atoms with Gasteiger partial charge in [0, 0.05) is 11.1 Å². The van der Waals surface area contributed by atoms with Crippen LogP contribution in [0, 0.1) is 6.92 Å². The van der Waals surface area contributed by atoms with Crippen molar-refractivity contribution in [3.05, 3.63) is 59.5 Å². The normalized spacial score (nSPS) is 10.6. The number of para-hydroxylation sites is 1. The number of aryl methyl sites for hydroxylation is 1. The van der Waals surface area contributed by atoms with Crippen molar-refractivity contribution in [1.82, 2.24) is 10.1 Å². The molecule has 24 heavy (non-hydrogen) atoms. The van der Waals surface area contributed by atoms with Gasteiger partial charge in [0.15, 0.2) is 6.61 Å². The number of rotatable bonds is 6. The molecular formula is C18H18N2O4. The summed E-state index contributed by atoms with van der Waals surface area (Å²) < 4.78 is 16.2. The number of aliphatic hydroxyl groups is 1. The molecule has 0 spiro atoms. The van der Waals surface area contributed by atoms with Gasteiger partial charge in [0.2, 0.25) is 5.82 Å². The van der Waals surface area contributed by atoms with E-state index in [2.05, 4.69) is 10.1 Å². The SMILES string of the molecule is COc1cc(-c2noc(COc3ccccc3CO)n2)ccc1C. The second-order valence-corrected chi connectivity index (χ2v) is 5.25. The van der Waals surface area contributed by atoms with Gasteiger partial charge in [-0.2, -0.15) is 4.98 Å². The summed E-state index contributed by atoms with van der Waals surface area (Å²) in [5.41, 5.74) is 2.55. The first-order valence-corrected chi connectivity index (χ1v) is 7.50. The maximum Gasteiger partial charge on any atom is 0.264 e. The maximum absolute atomic E-state index is 9.30. The van der Waals surface area contributed by atoms with Crippen molar-refractivity contribution in [3.63, 3.8) is 0 Å². The second kappa shape index (κ2) is 7.14. The molecule has 0 radical (unpaired) electrons. The fourth-order valence-electron chi connectivity index (χ4n) is 2.30. The van der Waals surface area contributed by atoms with Crippen LogP contribution in [0.5, 0.6) is 11.5 Å². The molecule has 0 aliphatic carbocycles. The topological polar surface area (TPSA) is 77.6 Å². The average molecular weight is 326 g/mol. The number of benzene rings is 2. The molecule has 0 amide bonds. The van der Waals surface area contributed by atoms with Crippen LogP contribution in [0.4, 0.5) is 0 Å². The first-order valence-electron chi connectivity index (χ1n) is 7.50. The zero-order valence-electron chi connectivity index (χ0n) is 13.5. The van der Waals surface area contributed by atoms with Crippen LogP contribution in [0.1, 0.15) is 17.0 Å². The number of aliphatic hydroxyl groups excluding tert-OH is 1. The van der Waals surface area contributed by atoms with Gasteiger partial charge in [-0.05, 0) is 24.6 Å².